The lowest BCUT2D eigenvalue weighted by atomic mass is 9.94. The smallest absolute Gasteiger partial charge is 0.236 e. The Morgan fingerprint density at radius 2 is 1.75 bits per heavy atom. The van der Waals surface area contributed by atoms with E-state index in [-0.39, 0.29) is 0 Å². The van der Waals surface area contributed by atoms with Gasteiger partial charge >= 0.3 is 0 Å². The standard InChI is InChI=1S/C27H35N3O2/c1-32-26-9-5-4-8-25(26)22-10-11-23-19-28(13-12-21(23)18-22)20-27(31)30-16-14-29(15-17-30)24-6-2-3-7-24/h4-5,8-11,18,24H,2-3,6-7,12-17,19-20H2,1H3. The molecule has 2 aliphatic heterocycles. The Kier molecular flexibility index (Phi) is 6.47. The molecule has 170 valence electrons. The second-order valence-corrected chi connectivity index (χ2v) is 9.50. The van der Waals surface area contributed by atoms with Crippen molar-refractivity contribution in [3.05, 3.63) is 53.6 Å². The number of hydrogen-bond acceptors (Lipinski definition) is 4. The largest absolute Gasteiger partial charge is 0.496 e. The summed E-state index contributed by atoms with van der Waals surface area (Å²) in [5.74, 6) is 1.20. The van der Waals surface area contributed by atoms with E-state index in [1.54, 1.807) is 7.11 Å². The normalized spacial score (nSPS) is 20.3. The third-order valence-corrected chi connectivity index (χ3v) is 7.58. The van der Waals surface area contributed by atoms with Crippen molar-refractivity contribution in [2.45, 2.75) is 44.7 Å². The molecule has 0 aromatic heterocycles. The van der Waals surface area contributed by atoms with Crippen molar-refractivity contribution in [3.8, 4) is 16.9 Å². The van der Waals surface area contributed by atoms with Gasteiger partial charge in [0.25, 0.3) is 0 Å². The molecule has 3 aliphatic rings. The maximum Gasteiger partial charge on any atom is 0.236 e. The van der Waals surface area contributed by atoms with Gasteiger partial charge in [-0.15, -0.1) is 0 Å². The van der Waals surface area contributed by atoms with Crippen molar-refractivity contribution in [2.75, 3.05) is 46.4 Å². The van der Waals surface area contributed by atoms with E-state index in [0.29, 0.717) is 12.5 Å². The number of piperazine rings is 1. The van der Waals surface area contributed by atoms with Crippen molar-refractivity contribution < 1.29 is 9.53 Å². The molecule has 1 saturated carbocycles. The van der Waals surface area contributed by atoms with Crippen LogP contribution in [-0.4, -0.2) is 73.0 Å². The number of carbonyl (C=O) groups is 1. The first-order valence-corrected chi connectivity index (χ1v) is 12.2. The zero-order valence-electron chi connectivity index (χ0n) is 19.3. The average molecular weight is 434 g/mol. The fourth-order valence-corrected chi connectivity index (χ4v) is 5.69. The summed E-state index contributed by atoms with van der Waals surface area (Å²) in [7, 11) is 1.72. The minimum Gasteiger partial charge on any atom is -0.496 e. The number of ether oxygens (including phenoxy) is 1. The topological polar surface area (TPSA) is 36.0 Å². The first-order valence-electron chi connectivity index (χ1n) is 12.2. The van der Waals surface area contributed by atoms with Crippen LogP contribution in [-0.2, 0) is 17.8 Å². The molecule has 0 radical (unpaired) electrons. The van der Waals surface area contributed by atoms with E-state index in [1.165, 1.54) is 42.4 Å². The highest BCUT2D eigenvalue weighted by Gasteiger charge is 2.29. The molecule has 1 aliphatic carbocycles. The first kappa shape index (κ1) is 21.5. The molecule has 2 fully saturated rings. The number of methoxy groups -OCH3 is 1. The van der Waals surface area contributed by atoms with E-state index >= 15 is 0 Å². The summed E-state index contributed by atoms with van der Waals surface area (Å²) in [5.41, 5.74) is 5.06. The highest BCUT2D eigenvalue weighted by atomic mass is 16.5. The lowest BCUT2D eigenvalue weighted by Gasteiger charge is -2.39. The molecule has 0 atom stereocenters. The summed E-state index contributed by atoms with van der Waals surface area (Å²) in [6.45, 7) is 6.21. The van der Waals surface area contributed by atoms with Gasteiger partial charge in [-0.1, -0.05) is 49.2 Å². The number of carbonyl (C=O) groups excluding carboxylic acids is 1. The average Bonchev–Trinajstić information content (AvgIpc) is 3.39. The number of amides is 1. The maximum absolute atomic E-state index is 13.0. The van der Waals surface area contributed by atoms with Crippen LogP contribution in [0.1, 0.15) is 36.8 Å². The van der Waals surface area contributed by atoms with Crippen LogP contribution in [0.3, 0.4) is 0 Å². The van der Waals surface area contributed by atoms with Gasteiger partial charge in [0.05, 0.1) is 13.7 Å². The molecule has 5 heteroatoms. The zero-order chi connectivity index (χ0) is 21.9. The van der Waals surface area contributed by atoms with Gasteiger partial charge < -0.3 is 9.64 Å². The lowest BCUT2D eigenvalue weighted by molar-refractivity contribution is -0.134. The number of hydrogen-bond donors (Lipinski definition) is 0. The van der Waals surface area contributed by atoms with Crippen LogP contribution in [0.2, 0.25) is 0 Å². The summed E-state index contributed by atoms with van der Waals surface area (Å²) < 4.78 is 5.54. The predicted molar refractivity (Wildman–Crippen MR) is 128 cm³/mol. The molecule has 1 saturated heterocycles. The number of rotatable bonds is 5. The molecule has 5 rings (SSSR count). The molecule has 1 amide bonds. The monoisotopic (exact) mass is 433 g/mol. The van der Waals surface area contributed by atoms with Gasteiger partial charge in [0.1, 0.15) is 5.75 Å². The highest BCUT2D eigenvalue weighted by molar-refractivity contribution is 5.78. The number of benzene rings is 2. The molecule has 32 heavy (non-hydrogen) atoms. The first-order chi connectivity index (χ1) is 15.7. The van der Waals surface area contributed by atoms with Crippen molar-refractivity contribution in [3.63, 3.8) is 0 Å². The molecular formula is C27H35N3O2. The second-order valence-electron chi connectivity index (χ2n) is 9.50. The Bertz CT molecular complexity index is 946. The van der Waals surface area contributed by atoms with Gasteiger partial charge in [0.2, 0.25) is 5.91 Å². The van der Waals surface area contributed by atoms with Gasteiger partial charge in [-0.25, -0.2) is 0 Å². The minimum absolute atomic E-state index is 0.296. The van der Waals surface area contributed by atoms with E-state index in [2.05, 4.69) is 45.0 Å². The maximum atomic E-state index is 13.0. The number of fused-ring (bicyclic) bond motifs is 1. The highest BCUT2D eigenvalue weighted by Crippen LogP contribution is 2.32. The summed E-state index contributed by atoms with van der Waals surface area (Å²) >= 11 is 0. The lowest BCUT2D eigenvalue weighted by Crippen LogP contribution is -2.53. The zero-order valence-corrected chi connectivity index (χ0v) is 19.3. The van der Waals surface area contributed by atoms with E-state index in [9.17, 15) is 4.79 Å². The molecular weight excluding hydrogens is 398 g/mol. The Morgan fingerprint density at radius 1 is 0.969 bits per heavy atom. The Hall–Kier alpha value is -2.37. The minimum atomic E-state index is 0.296. The summed E-state index contributed by atoms with van der Waals surface area (Å²) in [4.78, 5) is 20.0. The van der Waals surface area contributed by atoms with Crippen LogP contribution in [0.25, 0.3) is 11.1 Å². The van der Waals surface area contributed by atoms with Crippen LogP contribution in [0.4, 0.5) is 0 Å². The van der Waals surface area contributed by atoms with Gasteiger partial charge in [-0.05, 0) is 42.0 Å². The summed E-state index contributed by atoms with van der Waals surface area (Å²) in [6, 6.07) is 15.7. The van der Waals surface area contributed by atoms with Crippen LogP contribution in [0, 0.1) is 0 Å². The van der Waals surface area contributed by atoms with Gasteiger partial charge in [0.15, 0.2) is 0 Å². The SMILES string of the molecule is COc1ccccc1-c1ccc2c(c1)CCN(CC(=O)N1CCN(C3CCCC3)CC1)C2. The third kappa shape index (κ3) is 4.55. The van der Waals surface area contributed by atoms with E-state index < -0.39 is 0 Å². The molecule has 0 unspecified atom stereocenters. The third-order valence-electron chi connectivity index (χ3n) is 7.58. The molecule has 2 aromatic carbocycles. The molecule has 0 bridgehead atoms. The Morgan fingerprint density at radius 3 is 2.53 bits per heavy atom. The second kappa shape index (κ2) is 9.63. The van der Waals surface area contributed by atoms with Crippen LogP contribution in [0.5, 0.6) is 5.75 Å². The van der Waals surface area contributed by atoms with Gasteiger partial charge in [0, 0.05) is 50.9 Å². The van der Waals surface area contributed by atoms with E-state index in [0.717, 1.165) is 63.0 Å². The molecule has 0 N–H and O–H groups in total. The van der Waals surface area contributed by atoms with Crippen molar-refractivity contribution >= 4 is 5.91 Å². The van der Waals surface area contributed by atoms with Crippen molar-refractivity contribution in [1.82, 2.24) is 14.7 Å². The summed E-state index contributed by atoms with van der Waals surface area (Å²) in [6.07, 6.45) is 6.43. The van der Waals surface area contributed by atoms with Crippen molar-refractivity contribution in [1.29, 1.82) is 0 Å². The molecule has 2 aromatic rings. The van der Waals surface area contributed by atoms with E-state index in [4.69, 9.17) is 4.74 Å². The Labute approximate surface area is 191 Å². The van der Waals surface area contributed by atoms with Crippen LogP contribution in [0.15, 0.2) is 42.5 Å². The molecule has 0 spiro atoms. The predicted octanol–water partition coefficient (Wildman–Crippen LogP) is 3.81. The van der Waals surface area contributed by atoms with Crippen LogP contribution >= 0.6 is 0 Å². The van der Waals surface area contributed by atoms with E-state index in [1.807, 2.05) is 12.1 Å². The fourth-order valence-electron chi connectivity index (χ4n) is 5.69. The number of nitrogens with zero attached hydrogens (tertiary/aromatic N) is 3. The summed E-state index contributed by atoms with van der Waals surface area (Å²) in [5, 5.41) is 0. The van der Waals surface area contributed by atoms with Crippen molar-refractivity contribution in [2.24, 2.45) is 0 Å². The van der Waals surface area contributed by atoms with Crippen LogP contribution < -0.4 is 4.74 Å². The Balaban J connectivity index is 1.17. The molecule has 5 nitrogen and oxygen atoms in total. The van der Waals surface area contributed by atoms with Gasteiger partial charge in [-0.3, -0.25) is 14.6 Å². The fraction of sp³-hybridized carbons (Fsp3) is 0.519. The van der Waals surface area contributed by atoms with Gasteiger partial charge in [-0.2, -0.15) is 0 Å². The molecule has 2 heterocycles. The number of para-hydroxylation sites is 1. The quantitative estimate of drug-likeness (QED) is 0.719.